The van der Waals surface area contributed by atoms with Gasteiger partial charge in [-0.15, -0.1) is 5.73 Å². The van der Waals surface area contributed by atoms with E-state index in [9.17, 15) is 4.79 Å². The molecule has 1 rings (SSSR count). The summed E-state index contributed by atoms with van der Waals surface area (Å²) in [6.45, 7) is 1.81. The van der Waals surface area contributed by atoms with Gasteiger partial charge < -0.3 is 5.11 Å². The molecule has 58 valence electrons. The van der Waals surface area contributed by atoms with E-state index in [0.29, 0.717) is 4.88 Å². The lowest BCUT2D eigenvalue weighted by atomic mass is 10.5. The lowest BCUT2D eigenvalue weighted by molar-refractivity contribution is 0.455. The van der Waals surface area contributed by atoms with Gasteiger partial charge in [-0.05, 0) is 13.0 Å². The van der Waals surface area contributed by atoms with Crippen molar-refractivity contribution in [1.82, 2.24) is 4.98 Å². The average Bonchev–Trinajstić information content (AvgIpc) is 2.26. The number of allylic oxidation sites excluding steroid dienone is 1. The van der Waals surface area contributed by atoms with Gasteiger partial charge in [0.2, 0.25) is 5.88 Å². The van der Waals surface area contributed by atoms with E-state index in [1.165, 1.54) is 0 Å². The largest absolute Gasteiger partial charge is 0.493 e. The van der Waals surface area contributed by atoms with E-state index in [1.807, 2.05) is 6.92 Å². The Kier molecular flexibility index (Phi) is 2.31. The maximum atomic E-state index is 10.6. The molecule has 0 aromatic carbocycles. The van der Waals surface area contributed by atoms with Crippen LogP contribution in [-0.2, 0) is 0 Å². The number of aromatic nitrogens is 1. The van der Waals surface area contributed by atoms with Crippen LogP contribution in [-0.4, -0.2) is 10.1 Å². The van der Waals surface area contributed by atoms with Gasteiger partial charge in [0.1, 0.15) is 4.88 Å². The molecule has 0 radical (unpaired) electrons. The third kappa shape index (κ3) is 1.83. The van der Waals surface area contributed by atoms with E-state index < -0.39 is 0 Å². The average molecular weight is 169 g/mol. The summed E-state index contributed by atoms with van der Waals surface area (Å²) in [5, 5.41) is 9.03. The zero-order valence-electron chi connectivity index (χ0n) is 5.92. The second-order valence-corrected chi connectivity index (χ2v) is 2.84. The summed E-state index contributed by atoms with van der Waals surface area (Å²) in [6, 6.07) is 0. The first kappa shape index (κ1) is 7.85. The van der Waals surface area contributed by atoms with E-state index in [-0.39, 0.29) is 10.8 Å². The number of aromatic amines is 1. The Hall–Kier alpha value is -1.25. The summed E-state index contributed by atoms with van der Waals surface area (Å²) in [5.74, 6) is -0.0886. The van der Waals surface area contributed by atoms with Gasteiger partial charge in [-0.25, -0.2) is 0 Å². The van der Waals surface area contributed by atoms with Gasteiger partial charge in [-0.1, -0.05) is 11.3 Å². The fourth-order valence-corrected chi connectivity index (χ4v) is 1.21. The fourth-order valence-electron chi connectivity index (χ4n) is 0.589. The molecular weight excluding hydrogens is 162 g/mol. The number of nitrogens with one attached hydrogen (secondary N) is 1. The predicted octanol–water partition coefficient (Wildman–Crippen LogP) is 1.33. The molecule has 0 saturated carbocycles. The molecule has 3 nitrogen and oxygen atoms in total. The van der Waals surface area contributed by atoms with E-state index in [0.717, 1.165) is 11.3 Å². The van der Waals surface area contributed by atoms with Crippen molar-refractivity contribution in [3.05, 3.63) is 26.4 Å². The summed E-state index contributed by atoms with van der Waals surface area (Å²) >= 11 is 0.955. The quantitative estimate of drug-likeness (QED) is 0.623. The third-order valence-corrected chi connectivity index (χ3v) is 1.86. The molecule has 1 aromatic heterocycles. The van der Waals surface area contributed by atoms with Gasteiger partial charge in [0.05, 0.1) is 0 Å². The van der Waals surface area contributed by atoms with Crippen LogP contribution in [0.25, 0.3) is 6.08 Å². The summed E-state index contributed by atoms with van der Waals surface area (Å²) in [7, 11) is 0. The molecule has 1 aromatic rings. The van der Waals surface area contributed by atoms with Crippen molar-refractivity contribution in [2.24, 2.45) is 0 Å². The normalized spacial score (nSPS) is 8.82. The SMILES string of the molecule is CC=C=Cc1sc(=O)[nH]c1O. The molecule has 0 bridgehead atoms. The highest BCUT2D eigenvalue weighted by atomic mass is 32.1. The molecule has 0 aliphatic carbocycles. The Morgan fingerprint density at radius 1 is 1.73 bits per heavy atom. The molecule has 2 N–H and O–H groups in total. The minimum Gasteiger partial charge on any atom is -0.493 e. The Morgan fingerprint density at radius 3 is 2.91 bits per heavy atom. The van der Waals surface area contributed by atoms with Crippen molar-refractivity contribution in [2.45, 2.75) is 6.92 Å². The standard InChI is InChI=1S/C7H7NO2S/c1-2-3-4-5-6(9)8-7(10)11-5/h2,4,9H,1H3,(H,8,10). The lowest BCUT2D eigenvalue weighted by Gasteiger charge is -1.81. The lowest BCUT2D eigenvalue weighted by Crippen LogP contribution is -1.89. The van der Waals surface area contributed by atoms with Gasteiger partial charge in [-0.3, -0.25) is 9.78 Å². The molecule has 0 unspecified atom stereocenters. The van der Waals surface area contributed by atoms with Crippen molar-refractivity contribution in [2.75, 3.05) is 0 Å². The van der Waals surface area contributed by atoms with Gasteiger partial charge >= 0.3 is 4.87 Å². The van der Waals surface area contributed by atoms with Crippen molar-refractivity contribution in [3.8, 4) is 5.88 Å². The molecule has 0 spiro atoms. The Morgan fingerprint density at radius 2 is 2.45 bits per heavy atom. The van der Waals surface area contributed by atoms with Crippen molar-refractivity contribution >= 4 is 17.4 Å². The molecule has 0 aliphatic rings. The monoisotopic (exact) mass is 169 g/mol. The molecule has 11 heavy (non-hydrogen) atoms. The molecular formula is C7H7NO2S. The van der Waals surface area contributed by atoms with Gasteiger partial charge in [-0.2, -0.15) is 0 Å². The van der Waals surface area contributed by atoms with Gasteiger partial charge in [0.15, 0.2) is 0 Å². The number of aromatic hydroxyl groups is 1. The van der Waals surface area contributed by atoms with Crippen LogP contribution in [0.3, 0.4) is 0 Å². The van der Waals surface area contributed by atoms with E-state index in [2.05, 4.69) is 10.7 Å². The number of thiazole rings is 1. The second kappa shape index (κ2) is 3.23. The first-order valence-corrected chi connectivity index (χ1v) is 3.85. The maximum Gasteiger partial charge on any atom is 0.307 e. The number of hydrogen-bond acceptors (Lipinski definition) is 3. The summed E-state index contributed by atoms with van der Waals surface area (Å²) in [6.07, 6.45) is 3.25. The summed E-state index contributed by atoms with van der Waals surface area (Å²) in [4.78, 5) is 13.1. The number of hydrogen-bond donors (Lipinski definition) is 2. The minimum absolute atomic E-state index is 0.0886. The summed E-state index contributed by atoms with van der Waals surface area (Å²) in [5.41, 5.74) is 2.76. The van der Waals surface area contributed by atoms with Crippen LogP contribution in [0.1, 0.15) is 11.8 Å². The zero-order chi connectivity index (χ0) is 8.27. The number of rotatable bonds is 1. The highest BCUT2D eigenvalue weighted by molar-refractivity contribution is 7.10. The first-order chi connectivity index (χ1) is 5.24. The van der Waals surface area contributed by atoms with Crippen molar-refractivity contribution in [1.29, 1.82) is 0 Å². The highest BCUT2D eigenvalue weighted by Crippen LogP contribution is 2.16. The minimum atomic E-state index is -0.258. The number of H-pyrrole nitrogens is 1. The van der Waals surface area contributed by atoms with Crippen LogP contribution in [0.15, 0.2) is 16.6 Å². The Labute approximate surface area is 67.3 Å². The van der Waals surface area contributed by atoms with Crippen LogP contribution in [0.5, 0.6) is 5.88 Å². The summed E-state index contributed by atoms with van der Waals surface area (Å²) < 4.78 is 0. The van der Waals surface area contributed by atoms with Gasteiger partial charge in [0, 0.05) is 6.08 Å². The molecule has 0 saturated heterocycles. The second-order valence-electron chi connectivity index (χ2n) is 1.83. The molecule has 0 fully saturated rings. The maximum absolute atomic E-state index is 10.6. The van der Waals surface area contributed by atoms with Gasteiger partial charge in [0.25, 0.3) is 0 Å². The topological polar surface area (TPSA) is 53.1 Å². The van der Waals surface area contributed by atoms with Crippen LogP contribution in [0.4, 0.5) is 0 Å². The Balaban J connectivity index is 3.14. The van der Waals surface area contributed by atoms with Crippen LogP contribution in [0.2, 0.25) is 0 Å². The molecule has 0 aliphatic heterocycles. The van der Waals surface area contributed by atoms with E-state index in [1.54, 1.807) is 12.2 Å². The smallest absolute Gasteiger partial charge is 0.307 e. The third-order valence-electron chi connectivity index (χ3n) is 1.04. The fraction of sp³-hybridized carbons (Fsp3) is 0.143. The molecule has 0 atom stereocenters. The first-order valence-electron chi connectivity index (χ1n) is 3.03. The predicted molar refractivity (Wildman–Crippen MR) is 44.8 cm³/mol. The van der Waals surface area contributed by atoms with E-state index >= 15 is 0 Å². The zero-order valence-corrected chi connectivity index (χ0v) is 6.73. The Bertz CT molecular complexity index is 355. The van der Waals surface area contributed by atoms with Crippen LogP contribution < -0.4 is 4.87 Å². The highest BCUT2D eigenvalue weighted by Gasteiger charge is 2.00. The van der Waals surface area contributed by atoms with E-state index in [4.69, 9.17) is 5.11 Å². The van der Waals surface area contributed by atoms with Crippen LogP contribution >= 0.6 is 11.3 Å². The van der Waals surface area contributed by atoms with Crippen molar-refractivity contribution in [3.63, 3.8) is 0 Å². The molecule has 1 heterocycles. The molecule has 4 heteroatoms. The molecule has 0 amide bonds. The van der Waals surface area contributed by atoms with Crippen LogP contribution in [0, 0.1) is 0 Å². The van der Waals surface area contributed by atoms with Crippen molar-refractivity contribution < 1.29 is 5.11 Å².